The largest absolute Gasteiger partial charge is 0.496 e. The number of ether oxygens (including phenoxy) is 3. The third kappa shape index (κ3) is 4.44. The third-order valence-electron chi connectivity index (χ3n) is 4.95. The number of amides is 1. The Balaban J connectivity index is 1.70. The van der Waals surface area contributed by atoms with Crippen LogP contribution in [0.25, 0.3) is 5.57 Å². The van der Waals surface area contributed by atoms with Gasteiger partial charge in [-0.1, -0.05) is 12.1 Å². The number of rotatable bonds is 7. The van der Waals surface area contributed by atoms with E-state index in [-0.39, 0.29) is 5.91 Å². The monoisotopic (exact) mass is 382 g/mol. The molecular weight excluding hydrogens is 356 g/mol. The van der Waals surface area contributed by atoms with Crippen LogP contribution in [0.5, 0.6) is 17.2 Å². The minimum absolute atomic E-state index is 0.160. The highest BCUT2D eigenvalue weighted by Crippen LogP contribution is 2.40. The minimum Gasteiger partial charge on any atom is -0.496 e. The van der Waals surface area contributed by atoms with E-state index in [0.29, 0.717) is 43.2 Å². The summed E-state index contributed by atoms with van der Waals surface area (Å²) in [7, 11) is 4.88. The van der Waals surface area contributed by atoms with Crippen molar-refractivity contribution in [3.8, 4) is 17.2 Å². The molecule has 6 nitrogen and oxygen atoms in total. The van der Waals surface area contributed by atoms with Crippen molar-refractivity contribution in [2.45, 2.75) is 19.3 Å². The molecule has 0 N–H and O–H groups in total. The second-order valence-electron chi connectivity index (χ2n) is 6.59. The van der Waals surface area contributed by atoms with Crippen LogP contribution in [-0.4, -0.2) is 50.2 Å². The number of nitrogens with zero attached hydrogens (tertiary/aromatic N) is 2. The van der Waals surface area contributed by atoms with Gasteiger partial charge in [-0.15, -0.1) is 0 Å². The van der Waals surface area contributed by atoms with Crippen LogP contribution in [-0.2, 0) is 11.2 Å². The van der Waals surface area contributed by atoms with Gasteiger partial charge in [-0.05, 0) is 30.0 Å². The number of carbonyl (C=O) groups is 1. The minimum atomic E-state index is 0.160. The van der Waals surface area contributed by atoms with Crippen molar-refractivity contribution in [2.75, 3.05) is 34.4 Å². The van der Waals surface area contributed by atoms with Crippen LogP contribution in [0.15, 0.2) is 42.7 Å². The Bertz CT molecular complexity index is 824. The number of hydrogen-bond donors (Lipinski definition) is 0. The molecule has 148 valence electrons. The fourth-order valence-corrected chi connectivity index (χ4v) is 3.40. The zero-order chi connectivity index (χ0) is 19.9. The van der Waals surface area contributed by atoms with Gasteiger partial charge in [-0.25, -0.2) is 0 Å². The number of aryl methyl sites for hydroxylation is 1. The molecule has 1 aliphatic rings. The summed E-state index contributed by atoms with van der Waals surface area (Å²) in [5.41, 5.74) is 3.12. The highest BCUT2D eigenvalue weighted by molar-refractivity contribution is 5.81. The first-order chi connectivity index (χ1) is 13.7. The van der Waals surface area contributed by atoms with Gasteiger partial charge in [0.1, 0.15) is 17.2 Å². The standard InChI is InChI=1S/C22H26N2O4/c1-26-18-13-19(27-2)22(20(14-18)28-3)17-8-11-24(12-9-17)21(25)7-6-16-5-4-10-23-15-16/h4-5,8,10,13-15H,6-7,9,11-12H2,1-3H3. The normalized spacial score (nSPS) is 13.7. The third-order valence-corrected chi connectivity index (χ3v) is 4.95. The van der Waals surface area contributed by atoms with Crippen molar-refractivity contribution >= 4 is 11.5 Å². The highest BCUT2D eigenvalue weighted by atomic mass is 16.5. The van der Waals surface area contributed by atoms with E-state index in [1.807, 2.05) is 35.4 Å². The van der Waals surface area contributed by atoms with E-state index in [9.17, 15) is 4.79 Å². The lowest BCUT2D eigenvalue weighted by Gasteiger charge is -2.28. The van der Waals surface area contributed by atoms with Crippen molar-refractivity contribution in [3.05, 3.63) is 53.9 Å². The van der Waals surface area contributed by atoms with Gasteiger partial charge in [0.05, 0.1) is 26.9 Å². The van der Waals surface area contributed by atoms with Gasteiger partial charge in [-0.2, -0.15) is 0 Å². The number of carbonyl (C=O) groups excluding carboxylic acids is 1. The van der Waals surface area contributed by atoms with Crippen LogP contribution in [0.2, 0.25) is 0 Å². The summed E-state index contributed by atoms with van der Waals surface area (Å²) in [6.07, 6.45) is 7.58. The molecule has 0 saturated heterocycles. The SMILES string of the molecule is COc1cc(OC)c(C2=CCN(C(=O)CCc3cccnc3)CC2)c(OC)c1. The average Bonchev–Trinajstić information content (AvgIpc) is 2.77. The predicted molar refractivity (Wildman–Crippen MR) is 108 cm³/mol. The molecule has 28 heavy (non-hydrogen) atoms. The average molecular weight is 382 g/mol. The quantitative estimate of drug-likeness (QED) is 0.735. The fourth-order valence-electron chi connectivity index (χ4n) is 3.40. The van der Waals surface area contributed by atoms with E-state index < -0.39 is 0 Å². The summed E-state index contributed by atoms with van der Waals surface area (Å²) in [6.45, 7) is 1.26. The zero-order valence-electron chi connectivity index (χ0n) is 16.6. The number of pyridine rings is 1. The van der Waals surface area contributed by atoms with E-state index in [4.69, 9.17) is 14.2 Å². The first kappa shape index (κ1) is 19.7. The van der Waals surface area contributed by atoms with Crippen LogP contribution in [0.1, 0.15) is 24.0 Å². The van der Waals surface area contributed by atoms with Crippen LogP contribution in [0.4, 0.5) is 0 Å². The Morgan fingerprint density at radius 3 is 2.43 bits per heavy atom. The first-order valence-corrected chi connectivity index (χ1v) is 9.32. The Morgan fingerprint density at radius 2 is 1.89 bits per heavy atom. The molecule has 0 bridgehead atoms. The molecule has 1 aromatic carbocycles. The molecule has 3 rings (SSSR count). The maximum Gasteiger partial charge on any atom is 0.223 e. The Hall–Kier alpha value is -3.02. The summed E-state index contributed by atoms with van der Waals surface area (Å²) in [4.78, 5) is 18.5. The molecule has 0 spiro atoms. The molecule has 6 heteroatoms. The molecule has 0 fully saturated rings. The predicted octanol–water partition coefficient (Wildman–Crippen LogP) is 3.36. The van der Waals surface area contributed by atoms with E-state index >= 15 is 0 Å². The molecule has 0 aliphatic carbocycles. The van der Waals surface area contributed by atoms with E-state index in [2.05, 4.69) is 11.1 Å². The lowest BCUT2D eigenvalue weighted by molar-refractivity contribution is -0.130. The van der Waals surface area contributed by atoms with Crippen molar-refractivity contribution in [2.24, 2.45) is 0 Å². The summed E-state index contributed by atoms with van der Waals surface area (Å²) in [5, 5.41) is 0. The molecule has 0 atom stereocenters. The number of hydrogen-bond acceptors (Lipinski definition) is 5. The topological polar surface area (TPSA) is 60.9 Å². The van der Waals surface area contributed by atoms with Crippen molar-refractivity contribution in [3.63, 3.8) is 0 Å². The van der Waals surface area contributed by atoms with Gasteiger partial charge >= 0.3 is 0 Å². The number of aromatic nitrogens is 1. The molecule has 2 heterocycles. The molecule has 2 aromatic rings. The summed E-state index contributed by atoms with van der Waals surface area (Å²) < 4.78 is 16.4. The number of methoxy groups -OCH3 is 3. The zero-order valence-corrected chi connectivity index (χ0v) is 16.6. The van der Waals surface area contributed by atoms with Gasteiger partial charge in [0.25, 0.3) is 0 Å². The van der Waals surface area contributed by atoms with E-state index in [0.717, 1.165) is 23.1 Å². The molecule has 1 aliphatic heterocycles. The van der Waals surface area contributed by atoms with Crippen molar-refractivity contribution < 1.29 is 19.0 Å². The Labute approximate surface area is 165 Å². The molecule has 0 radical (unpaired) electrons. The fraction of sp³-hybridized carbons (Fsp3) is 0.364. The Morgan fingerprint density at radius 1 is 1.14 bits per heavy atom. The maximum absolute atomic E-state index is 12.6. The van der Waals surface area contributed by atoms with E-state index in [1.54, 1.807) is 27.5 Å². The lowest BCUT2D eigenvalue weighted by atomic mass is 9.97. The maximum atomic E-state index is 12.6. The van der Waals surface area contributed by atoms with Crippen LogP contribution in [0.3, 0.4) is 0 Å². The van der Waals surface area contributed by atoms with Crippen LogP contribution < -0.4 is 14.2 Å². The lowest BCUT2D eigenvalue weighted by Crippen LogP contribution is -2.34. The van der Waals surface area contributed by atoms with Gasteiger partial charge in [0, 0.05) is 44.0 Å². The van der Waals surface area contributed by atoms with Crippen LogP contribution >= 0.6 is 0 Å². The first-order valence-electron chi connectivity index (χ1n) is 9.32. The summed E-state index contributed by atoms with van der Waals surface area (Å²) in [5.74, 6) is 2.26. The second kappa shape index (κ2) is 9.26. The van der Waals surface area contributed by atoms with Crippen molar-refractivity contribution in [1.29, 1.82) is 0 Å². The molecule has 0 unspecified atom stereocenters. The van der Waals surface area contributed by atoms with E-state index in [1.165, 1.54) is 0 Å². The molecule has 0 saturated carbocycles. The smallest absolute Gasteiger partial charge is 0.223 e. The number of benzene rings is 1. The highest BCUT2D eigenvalue weighted by Gasteiger charge is 2.22. The Kier molecular flexibility index (Phi) is 6.53. The van der Waals surface area contributed by atoms with Gasteiger partial charge in [0.15, 0.2) is 0 Å². The van der Waals surface area contributed by atoms with Crippen molar-refractivity contribution in [1.82, 2.24) is 9.88 Å². The van der Waals surface area contributed by atoms with Crippen LogP contribution in [0, 0.1) is 0 Å². The van der Waals surface area contributed by atoms with Gasteiger partial charge in [0.2, 0.25) is 5.91 Å². The second-order valence-corrected chi connectivity index (χ2v) is 6.59. The molecular formula is C22H26N2O4. The molecule has 1 aromatic heterocycles. The summed E-state index contributed by atoms with van der Waals surface area (Å²) in [6, 6.07) is 7.59. The summed E-state index contributed by atoms with van der Waals surface area (Å²) >= 11 is 0. The van der Waals surface area contributed by atoms with Gasteiger partial charge < -0.3 is 19.1 Å². The molecule has 1 amide bonds. The van der Waals surface area contributed by atoms with Gasteiger partial charge in [-0.3, -0.25) is 9.78 Å².